The van der Waals surface area contributed by atoms with Gasteiger partial charge in [0, 0.05) is 7.11 Å². The highest BCUT2D eigenvalue weighted by molar-refractivity contribution is 4.55. The molecule has 0 amide bonds. The molecule has 0 aliphatic carbocycles. The van der Waals surface area contributed by atoms with Crippen molar-refractivity contribution in [1.82, 2.24) is 0 Å². The second kappa shape index (κ2) is 3.02. The summed E-state index contributed by atoms with van der Waals surface area (Å²) in [5.74, 6) is 0. The van der Waals surface area contributed by atoms with E-state index in [4.69, 9.17) is 14.2 Å². The maximum atomic E-state index is 4.94. The van der Waals surface area contributed by atoms with E-state index in [1.807, 2.05) is 0 Å². The van der Waals surface area contributed by atoms with Gasteiger partial charge in [-0.2, -0.15) is 0 Å². The average Bonchev–Trinajstić information content (AvgIpc) is 1.90. The Bertz CT molecular complexity index is 58.7. The molecule has 0 unspecified atom stereocenters. The lowest BCUT2D eigenvalue weighted by atomic mass is 10.4. The Kier molecular flexibility index (Phi) is 2.27. The van der Waals surface area contributed by atoms with E-state index >= 15 is 0 Å². The summed E-state index contributed by atoms with van der Waals surface area (Å²) in [6.45, 7) is 1.74. The highest BCUT2D eigenvalue weighted by atomic mass is 16.7. The molecule has 3 nitrogen and oxygen atoms in total. The summed E-state index contributed by atoms with van der Waals surface area (Å²) in [6, 6.07) is 0. The van der Waals surface area contributed by atoms with Crippen molar-refractivity contribution < 1.29 is 14.2 Å². The van der Waals surface area contributed by atoms with Gasteiger partial charge in [0.2, 0.25) is 0 Å². The van der Waals surface area contributed by atoms with E-state index in [1.165, 1.54) is 0 Å². The van der Waals surface area contributed by atoms with Crippen molar-refractivity contribution in [3.05, 3.63) is 0 Å². The van der Waals surface area contributed by atoms with Crippen molar-refractivity contribution in [2.45, 2.75) is 6.10 Å². The van der Waals surface area contributed by atoms with Crippen molar-refractivity contribution in [3.8, 4) is 0 Å². The van der Waals surface area contributed by atoms with Gasteiger partial charge in [-0.25, -0.2) is 0 Å². The Labute approximate surface area is 48.5 Å². The van der Waals surface area contributed by atoms with Crippen LogP contribution in [-0.2, 0) is 14.2 Å². The lowest BCUT2D eigenvalue weighted by Gasteiger charge is -2.20. The molecule has 0 radical (unpaired) electrons. The first-order chi connectivity index (χ1) is 3.93. The van der Waals surface area contributed by atoms with Crippen molar-refractivity contribution in [2.75, 3.05) is 27.1 Å². The summed E-state index contributed by atoms with van der Waals surface area (Å²) in [6.07, 6.45) is 0.142. The third-order valence-electron chi connectivity index (χ3n) is 1.11. The van der Waals surface area contributed by atoms with Crippen LogP contribution in [0.2, 0.25) is 0 Å². The maximum absolute atomic E-state index is 4.94. The molecular formula is C5H10O3. The molecule has 0 aromatic carbocycles. The fourth-order valence-electron chi connectivity index (χ4n) is 0.602. The van der Waals surface area contributed by atoms with Gasteiger partial charge in [-0.3, -0.25) is 0 Å². The summed E-state index contributed by atoms with van der Waals surface area (Å²) in [5, 5.41) is 0. The molecular weight excluding hydrogens is 108 g/mol. The fraction of sp³-hybridized carbons (Fsp3) is 1.00. The van der Waals surface area contributed by atoms with Crippen molar-refractivity contribution in [3.63, 3.8) is 0 Å². The summed E-state index contributed by atoms with van der Waals surface area (Å²) < 4.78 is 14.8. The van der Waals surface area contributed by atoms with Crippen LogP contribution in [0.3, 0.4) is 0 Å². The molecule has 0 N–H and O–H groups in total. The number of ether oxygens (including phenoxy) is 3. The molecule has 1 saturated heterocycles. The first-order valence-corrected chi connectivity index (χ1v) is 2.62. The van der Waals surface area contributed by atoms with E-state index in [0.29, 0.717) is 20.0 Å². The Hall–Kier alpha value is -0.120. The summed E-state index contributed by atoms with van der Waals surface area (Å²) in [5.41, 5.74) is 0. The summed E-state index contributed by atoms with van der Waals surface area (Å²) in [7, 11) is 1.66. The number of methoxy groups -OCH3 is 1. The van der Waals surface area contributed by atoms with E-state index in [0.717, 1.165) is 0 Å². The fourth-order valence-corrected chi connectivity index (χ4v) is 0.602. The SMILES string of the molecule is COC1COCOC1. The van der Waals surface area contributed by atoms with E-state index in [1.54, 1.807) is 7.11 Å². The first kappa shape index (κ1) is 6.01. The van der Waals surface area contributed by atoms with Gasteiger partial charge >= 0.3 is 0 Å². The zero-order valence-electron chi connectivity index (χ0n) is 4.92. The van der Waals surface area contributed by atoms with Gasteiger partial charge in [0.05, 0.1) is 13.2 Å². The van der Waals surface area contributed by atoms with Crippen LogP contribution in [0, 0.1) is 0 Å². The highest BCUT2D eigenvalue weighted by Crippen LogP contribution is 1.98. The molecule has 1 heterocycles. The first-order valence-electron chi connectivity index (χ1n) is 2.62. The topological polar surface area (TPSA) is 27.7 Å². The summed E-state index contributed by atoms with van der Waals surface area (Å²) in [4.78, 5) is 0. The minimum Gasteiger partial charge on any atom is -0.377 e. The molecule has 0 spiro atoms. The highest BCUT2D eigenvalue weighted by Gasteiger charge is 2.11. The third-order valence-corrected chi connectivity index (χ3v) is 1.11. The predicted octanol–water partition coefficient (Wildman–Crippen LogP) is 0.00570. The molecule has 1 aliphatic heterocycles. The number of rotatable bonds is 1. The summed E-state index contributed by atoms with van der Waals surface area (Å²) >= 11 is 0. The molecule has 48 valence electrons. The molecule has 0 saturated carbocycles. The van der Waals surface area contributed by atoms with Crippen LogP contribution in [0.25, 0.3) is 0 Å². The smallest absolute Gasteiger partial charge is 0.146 e. The molecule has 8 heavy (non-hydrogen) atoms. The van der Waals surface area contributed by atoms with Crippen LogP contribution >= 0.6 is 0 Å². The largest absolute Gasteiger partial charge is 0.377 e. The van der Waals surface area contributed by atoms with E-state index in [-0.39, 0.29) is 6.10 Å². The Morgan fingerprint density at radius 3 is 2.38 bits per heavy atom. The van der Waals surface area contributed by atoms with Gasteiger partial charge in [-0.15, -0.1) is 0 Å². The number of hydrogen-bond donors (Lipinski definition) is 0. The molecule has 0 aromatic rings. The zero-order chi connectivity index (χ0) is 5.82. The minimum absolute atomic E-state index is 0.142. The van der Waals surface area contributed by atoms with E-state index in [9.17, 15) is 0 Å². The zero-order valence-corrected chi connectivity index (χ0v) is 4.92. The normalized spacial score (nSPS) is 23.6. The van der Waals surface area contributed by atoms with Crippen molar-refractivity contribution >= 4 is 0 Å². The van der Waals surface area contributed by atoms with Gasteiger partial charge in [0.15, 0.2) is 0 Å². The van der Waals surface area contributed by atoms with Gasteiger partial charge < -0.3 is 14.2 Å². The van der Waals surface area contributed by atoms with Crippen LogP contribution in [0.1, 0.15) is 0 Å². The minimum atomic E-state index is 0.142. The standard InChI is InChI=1S/C5H10O3/c1-6-5-2-7-4-8-3-5/h5H,2-4H2,1H3. The van der Waals surface area contributed by atoms with Gasteiger partial charge in [0.25, 0.3) is 0 Å². The predicted molar refractivity (Wildman–Crippen MR) is 27.6 cm³/mol. The Morgan fingerprint density at radius 1 is 1.38 bits per heavy atom. The van der Waals surface area contributed by atoms with Crippen LogP contribution in [-0.4, -0.2) is 33.2 Å². The van der Waals surface area contributed by atoms with Crippen LogP contribution in [0.4, 0.5) is 0 Å². The van der Waals surface area contributed by atoms with Crippen molar-refractivity contribution in [1.29, 1.82) is 0 Å². The van der Waals surface area contributed by atoms with Crippen molar-refractivity contribution in [2.24, 2.45) is 0 Å². The second-order valence-electron chi connectivity index (χ2n) is 1.72. The molecule has 1 aliphatic rings. The molecule has 1 fully saturated rings. The van der Waals surface area contributed by atoms with Crippen LogP contribution < -0.4 is 0 Å². The monoisotopic (exact) mass is 118 g/mol. The number of hydrogen-bond acceptors (Lipinski definition) is 3. The molecule has 0 bridgehead atoms. The molecule has 1 rings (SSSR count). The van der Waals surface area contributed by atoms with Gasteiger partial charge in [-0.1, -0.05) is 0 Å². The lowest BCUT2D eigenvalue weighted by molar-refractivity contribution is -0.159. The van der Waals surface area contributed by atoms with Gasteiger partial charge in [0.1, 0.15) is 12.9 Å². The van der Waals surface area contributed by atoms with Crippen LogP contribution in [0.5, 0.6) is 0 Å². The third kappa shape index (κ3) is 1.43. The maximum Gasteiger partial charge on any atom is 0.146 e. The van der Waals surface area contributed by atoms with E-state index < -0.39 is 0 Å². The van der Waals surface area contributed by atoms with Crippen LogP contribution in [0.15, 0.2) is 0 Å². The molecule has 3 heteroatoms. The average molecular weight is 118 g/mol. The lowest BCUT2D eigenvalue weighted by Crippen LogP contribution is -2.30. The van der Waals surface area contributed by atoms with Gasteiger partial charge in [-0.05, 0) is 0 Å². The second-order valence-corrected chi connectivity index (χ2v) is 1.72. The quantitative estimate of drug-likeness (QED) is 0.485. The Morgan fingerprint density at radius 2 is 2.00 bits per heavy atom. The Balaban J connectivity index is 2.13. The molecule has 0 aromatic heterocycles. The molecule has 0 atom stereocenters. The van der Waals surface area contributed by atoms with E-state index in [2.05, 4.69) is 0 Å².